The Hall–Kier alpha value is -2.46. The molecule has 2 aromatic heterocycles. The second kappa shape index (κ2) is 7.41. The molecule has 1 saturated heterocycles. The van der Waals surface area contributed by atoms with Gasteiger partial charge in [0.15, 0.2) is 0 Å². The maximum atomic E-state index is 12.4. The molecule has 3 heterocycles. The van der Waals surface area contributed by atoms with Crippen LogP contribution in [0.3, 0.4) is 0 Å². The Morgan fingerprint density at radius 1 is 1.29 bits per heavy atom. The number of nitriles is 1. The number of rotatable bonds is 4. The van der Waals surface area contributed by atoms with E-state index >= 15 is 0 Å². The number of pyridine rings is 1. The molecule has 0 aliphatic carbocycles. The molecule has 2 aromatic rings. The van der Waals surface area contributed by atoms with E-state index in [0.29, 0.717) is 25.1 Å². The average Bonchev–Trinajstić information content (AvgIpc) is 3.05. The lowest BCUT2D eigenvalue weighted by Crippen LogP contribution is -2.49. The van der Waals surface area contributed by atoms with Crippen LogP contribution in [-0.2, 0) is 11.2 Å². The molecule has 124 valence electrons. The normalized spacial score (nSPS) is 14.5. The molecule has 0 aromatic carbocycles. The molecule has 1 amide bonds. The highest BCUT2D eigenvalue weighted by atomic mass is 32.1. The van der Waals surface area contributed by atoms with Crippen molar-refractivity contribution in [3.05, 3.63) is 40.0 Å². The van der Waals surface area contributed by atoms with E-state index in [1.165, 1.54) is 4.88 Å². The van der Waals surface area contributed by atoms with Crippen molar-refractivity contribution in [1.82, 2.24) is 14.9 Å². The first-order chi connectivity index (χ1) is 11.7. The number of anilines is 1. The average molecular weight is 341 g/mol. The van der Waals surface area contributed by atoms with Crippen LogP contribution in [0.5, 0.6) is 0 Å². The SMILES string of the molecule is Cc1ncsc1CCC(=O)N1CCN(c2ccc(C#N)cn2)CC1. The quantitative estimate of drug-likeness (QED) is 0.850. The third-order valence-corrected chi connectivity index (χ3v) is 5.24. The molecule has 0 N–H and O–H groups in total. The maximum Gasteiger partial charge on any atom is 0.223 e. The number of thiazole rings is 1. The Balaban J connectivity index is 1.50. The number of carbonyl (C=O) groups excluding carboxylic acids is 1. The fourth-order valence-electron chi connectivity index (χ4n) is 2.77. The lowest BCUT2D eigenvalue weighted by Gasteiger charge is -2.35. The molecule has 7 heteroatoms. The van der Waals surface area contributed by atoms with Gasteiger partial charge in [-0.15, -0.1) is 11.3 Å². The topological polar surface area (TPSA) is 73.1 Å². The van der Waals surface area contributed by atoms with Crippen LogP contribution in [0.2, 0.25) is 0 Å². The number of nitrogens with zero attached hydrogens (tertiary/aromatic N) is 5. The molecular formula is C17H19N5OS. The number of piperazine rings is 1. The van der Waals surface area contributed by atoms with Crippen LogP contribution in [0, 0.1) is 18.3 Å². The van der Waals surface area contributed by atoms with Crippen molar-refractivity contribution in [3.63, 3.8) is 0 Å². The van der Waals surface area contributed by atoms with Crippen LogP contribution in [0.25, 0.3) is 0 Å². The minimum atomic E-state index is 0.204. The van der Waals surface area contributed by atoms with E-state index in [0.717, 1.165) is 31.0 Å². The number of carbonyl (C=O) groups is 1. The minimum absolute atomic E-state index is 0.204. The molecule has 0 unspecified atom stereocenters. The third kappa shape index (κ3) is 3.71. The molecule has 1 aliphatic heterocycles. The number of aryl methyl sites for hydroxylation is 2. The second-order valence-corrected chi connectivity index (χ2v) is 6.68. The van der Waals surface area contributed by atoms with E-state index < -0.39 is 0 Å². The predicted molar refractivity (Wildman–Crippen MR) is 92.9 cm³/mol. The monoisotopic (exact) mass is 341 g/mol. The van der Waals surface area contributed by atoms with Crippen LogP contribution in [0.1, 0.15) is 22.6 Å². The van der Waals surface area contributed by atoms with Crippen molar-refractivity contribution < 1.29 is 4.79 Å². The number of hydrogen-bond acceptors (Lipinski definition) is 6. The van der Waals surface area contributed by atoms with Crippen LogP contribution in [-0.4, -0.2) is 47.0 Å². The van der Waals surface area contributed by atoms with Gasteiger partial charge in [0.25, 0.3) is 0 Å². The largest absolute Gasteiger partial charge is 0.353 e. The highest BCUT2D eigenvalue weighted by molar-refractivity contribution is 7.09. The summed E-state index contributed by atoms with van der Waals surface area (Å²) in [6.45, 7) is 4.94. The molecule has 0 saturated carbocycles. The van der Waals surface area contributed by atoms with Gasteiger partial charge in [0.1, 0.15) is 11.9 Å². The Morgan fingerprint density at radius 3 is 2.67 bits per heavy atom. The molecule has 0 spiro atoms. The van der Waals surface area contributed by atoms with Gasteiger partial charge in [-0.1, -0.05) is 0 Å². The molecule has 1 fully saturated rings. The Kier molecular flexibility index (Phi) is 5.06. The van der Waals surface area contributed by atoms with Crippen molar-refractivity contribution >= 4 is 23.1 Å². The van der Waals surface area contributed by atoms with Crippen molar-refractivity contribution in [2.75, 3.05) is 31.1 Å². The van der Waals surface area contributed by atoms with Gasteiger partial charge >= 0.3 is 0 Å². The van der Waals surface area contributed by atoms with Crippen LogP contribution < -0.4 is 4.90 Å². The van der Waals surface area contributed by atoms with Crippen molar-refractivity contribution in [2.24, 2.45) is 0 Å². The van der Waals surface area contributed by atoms with Gasteiger partial charge in [-0.3, -0.25) is 4.79 Å². The summed E-state index contributed by atoms with van der Waals surface area (Å²) in [6, 6.07) is 5.71. The summed E-state index contributed by atoms with van der Waals surface area (Å²) in [7, 11) is 0. The van der Waals surface area contributed by atoms with Crippen molar-refractivity contribution in [3.8, 4) is 6.07 Å². The lowest BCUT2D eigenvalue weighted by molar-refractivity contribution is -0.131. The highest BCUT2D eigenvalue weighted by Crippen LogP contribution is 2.17. The van der Waals surface area contributed by atoms with Crippen molar-refractivity contribution in [1.29, 1.82) is 5.26 Å². The first-order valence-corrected chi connectivity index (χ1v) is 8.83. The summed E-state index contributed by atoms with van der Waals surface area (Å²) in [5.74, 6) is 1.07. The smallest absolute Gasteiger partial charge is 0.223 e. The number of aromatic nitrogens is 2. The van der Waals surface area contributed by atoms with Crippen LogP contribution >= 0.6 is 11.3 Å². The van der Waals surface area contributed by atoms with Gasteiger partial charge in [0, 0.05) is 43.7 Å². The van der Waals surface area contributed by atoms with E-state index in [2.05, 4.69) is 20.9 Å². The standard InChI is InChI=1S/C17H19N5OS/c1-13-15(24-12-20-13)3-5-17(23)22-8-6-21(7-9-22)16-4-2-14(10-18)11-19-16/h2,4,11-12H,3,5-9H2,1H3. The van der Waals surface area contributed by atoms with Crippen molar-refractivity contribution in [2.45, 2.75) is 19.8 Å². The fourth-order valence-corrected chi connectivity index (χ4v) is 3.55. The van der Waals surface area contributed by atoms with E-state index in [1.54, 1.807) is 23.6 Å². The summed E-state index contributed by atoms with van der Waals surface area (Å²) in [5.41, 5.74) is 3.42. The molecule has 1 aliphatic rings. The van der Waals surface area contributed by atoms with E-state index in [9.17, 15) is 4.79 Å². The van der Waals surface area contributed by atoms with Gasteiger partial charge in [0.2, 0.25) is 5.91 Å². The zero-order valence-corrected chi connectivity index (χ0v) is 14.4. The number of amides is 1. The molecule has 3 rings (SSSR count). The third-order valence-electron chi connectivity index (χ3n) is 4.24. The van der Waals surface area contributed by atoms with E-state index in [1.807, 2.05) is 23.4 Å². The molecule has 6 nitrogen and oxygen atoms in total. The lowest BCUT2D eigenvalue weighted by atomic mass is 10.2. The summed E-state index contributed by atoms with van der Waals surface area (Å²) in [5, 5.41) is 8.82. The minimum Gasteiger partial charge on any atom is -0.353 e. The van der Waals surface area contributed by atoms with Gasteiger partial charge in [-0.25, -0.2) is 9.97 Å². The van der Waals surface area contributed by atoms with Gasteiger partial charge in [-0.2, -0.15) is 5.26 Å². The Morgan fingerprint density at radius 2 is 2.08 bits per heavy atom. The fraction of sp³-hybridized carbons (Fsp3) is 0.412. The Bertz CT molecular complexity index is 741. The van der Waals surface area contributed by atoms with E-state index in [-0.39, 0.29) is 5.91 Å². The summed E-state index contributed by atoms with van der Waals surface area (Å²) in [6.07, 6.45) is 2.90. The number of hydrogen-bond donors (Lipinski definition) is 0. The molecule has 24 heavy (non-hydrogen) atoms. The first-order valence-electron chi connectivity index (χ1n) is 7.95. The maximum absolute atomic E-state index is 12.4. The van der Waals surface area contributed by atoms with E-state index in [4.69, 9.17) is 5.26 Å². The Labute approximate surface area is 145 Å². The van der Waals surface area contributed by atoms with Crippen LogP contribution in [0.4, 0.5) is 5.82 Å². The first kappa shape index (κ1) is 16.4. The summed E-state index contributed by atoms with van der Waals surface area (Å²) in [4.78, 5) is 26.2. The second-order valence-electron chi connectivity index (χ2n) is 5.75. The zero-order valence-electron chi connectivity index (χ0n) is 13.6. The zero-order chi connectivity index (χ0) is 16.9. The van der Waals surface area contributed by atoms with Gasteiger partial charge in [-0.05, 0) is 25.5 Å². The predicted octanol–water partition coefficient (Wildman–Crippen LogP) is 2.00. The molecule has 0 radical (unpaired) electrons. The summed E-state index contributed by atoms with van der Waals surface area (Å²) >= 11 is 1.62. The summed E-state index contributed by atoms with van der Waals surface area (Å²) < 4.78 is 0. The highest BCUT2D eigenvalue weighted by Gasteiger charge is 2.21. The molecule has 0 atom stereocenters. The molecule has 0 bridgehead atoms. The van der Waals surface area contributed by atoms with Gasteiger partial charge in [0.05, 0.1) is 16.8 Å². The van der Waals surface area contributed by atoms with Crippen LogP contribution in [0.15, 0.2) is 23.8 Å². The molecular weight excluding hydrogens is 322 g/mol. The van der Waals surface area contributed by atoms with Gasteiger partial charge < -0.3 is 9.80 Å².